The molecule has 0 radical (unpaired) electrons. The molecule has 0 aliphatic rings. The molecule has 0 unspecified atom stereocenters. The molecule has 0 aliphatic heterocycles. The molecule has 0 aliphatic carbocycles. The standard InChI is InChI=1S/C8H8BrClO/c9-5-7-2-1-3-8(4-7)11-6-10/h1-4H,5-6H2. The van der Waals surface area contributed by atoms with E-state index >= 15 is 0 Å². The monoisotopic (exact) mass is 234 g/mol. The van der Waals surface area contributed by atoms with E-state index in [-0.39, 0.29) is 6.07 Å². The van der Waals surface area contributed by atoms with E-state index in [4.69, 9.17) is 16.3 Å². The molecule has 0 spiro atoms. The van der Waals surface area contributed by atoms with E-state index in [0.717, 1.165) is 11.1 Å². The van der Waals surface area contributed by atoms with Crippen LogP contribution in [0.25, 0.3) is 0 Å². The molecule has 0 aromatic heterocycles. The number of halogens is 2. The number of ether oxygens (including phenoxy) is 1. The Balaban J connectivity index is 2.74. The molecule has 60 valence electrons. The minimum absolute atomic E-state index is 0.200. The lowest BCUT2D eigenvalue weighted by atomic mass is 10.2. The van der Waals surface area contributed by atoms with Crippen LogP contribution in [0.3, 0.4) is 0 Å². The van der Waals surface area contributed by atoms with Crippen LogP contribution in [0.2, 0.25) is 0 Å². The summed E-state index contributed by atoms with van der Waals surface area (Å²) in [5, 5.41) is 0.840. The van der Waals surface area contributed by atoms with Crippen molar-refractivity contribution in [3.63, 3.8) is 0 Å². The average molecular weight is 236 g/mol. The van der Waals surface area contributed by atoms with Gasteiger partial charge < -0.3 is 4.74 Å². The van der Waals surface area contributed by atoms with E-state index in [1.54, 1.807) is 0 Å². The second-order valence-electron chi connectivity index (χ2n) is 2.03. The molecule has 0 heterocycles. The molecule has 0 N–H and O–H groups in total. The number of hydrogen-bond acceptors (Lipinski definition) is 1. The van der Waals surface area contributed by atoms with Crippen molar-refractivity contribution < 1.29 is 4.74 Å². The predicted octanol–water partition coefficient (Wildman–Crippen LogP) is 3.16. The highest BCUT2D eigenvalue weighted by molar-refractivity contribution is 9.08. The van der Waals surface area contributed by atoms with Crippen molar-refractivity contribution >= 4 is 27.5 Å². The van der Waals surface area contributed by atoms with Crippen LogP contribution in [0, 0.1) is 0 Å². The van der Waals surface area contributed by atoms with Gasteiger partial charge in [0.15, 0.2) is 6.07 Å². The van der Waals surface area contributed by atoms with Gasteiger partial charge >= 0.3 is 0 Å². The van der Waals surface area contributed by atoms with Gasteiger partial charge in [-0.3, -0.25) is 0 Å². The van der Waals surface area contributed by atoms with Gasteiger partial charge in [0.25, 0.3) is 0 Å². The Bertz CT molecular complexity index is 227. The fourth-order valence-electron chi connectivity index (χ4n) is 0.781. The first kappa shape index (κ1) is 8.88. The lowest BCUT2D eigenvalue weighted by molar-refractivity contribution is 0.387. The van der Waals surface area contributed by atoms with Crippen LogP contribution < -0.4 is 4.74 Å². The van der Waals surface area contributed by atoms with E-state index in [1.807, 2.05) is 24.3 Å². The van der Waals surface area contributed by atoms with Gasteiger partial charge in [0.05, 0.1) is 0 Å². The van der Waals surface area contributed by atoms with Crippen molar-refractivity contribution in [2.75, 3.05) is 6.07 Å². The van der Waals surface area contributed by atoms with Crippen molar-refractivity contribution in [2.45, 2.75) is 5.33 Å². The summed E-state index contributed by atoms with van der Waals surface area (Å²) >= 11 is 8.75. The Hall–Kier alpha value is -0.210. The van der Waals surface area contributed by atoms with Gasteiger partial charge in [-0.1, -0.05) is 39.7 Å². The maximum Gasteiger partial charge on any atom is 0.162 e. The van der Waals surface area contributed by atoms with Crippen molar-refractivity contribution in [3.05, 3.63) is 29.8 Å². The molecule has 1 aromatic rings. The van der Waals surface area contributed by atoms with E-state index in [2.05, 4.69) is 15.9 Å². The maximum atomic E-state index is 5.40. The molecular weight excluding hydrogens is 227 g/mol. The van der Waals surface area contributed by atoms with Crippen molar-refractivity contribution in [3.8, 4) is 5.75 Å². The van der Waals surface area contributed by atoms with Gasteiger partial charge in [0, 0.05) is 5.33 Å². The number of benzene rings is 1. The largest absolute Gasteiger partial charge is 0.478 e. The molecule has 0 bridgehead atoms. The first-order chi connectivity index (χ1) is 5.36. The maximum absolute atomic E-state index is 5.40. The zero-order chi connectivity index (χ0) is 8.10. The normalized spacial score (nSPS) is 9.64. The SMILES string of the molecule is ClCOc1cccc(CBr)c1. The molecular formula is C8H8BrClO. The molecule has 0 atom stereocenters. The number of alkyl halides is 2. The highest BCUT2D eigenvalue weighted by Gasteiger charge is 1.93. The first-order valence-corrected chi connectivity index (χ1v) is 4.86. The van der Waals surface area contributed by atoms with E-state index < -0.39 is 0 Å². The molecule has 1 rings (SSSR count). The summed E-state index contributed by atoms with van der Waals surface area (Å²) in [7, 11) is 0. The van der Waals surface area contributed by atoms with Crippen LogP contribution in [0.4, 0.5) is 0 Å². The van der Waals surface area contributed by atoms with Crippen LogP contribution in [-0.2, 0) is 5.33 Å². The third-order valence-corrected chi connectivity index (χ3v) is 2.03. The summed E-state index contributed by atoms with van der Waals surface area (Å²) in [6.07, 6.45) is 0. The summed E-state index contributed by atoms with van der Waals surface area (Å²) in [5.74, 6) is 0.817. The molecule has 11 heavy (non-hydrogen) atoms. The van der Waals surface area contributed by atoms with Gasteiger partial charge in [0.1, 0.15) is 5.75 Å². The van der Waals surface area contributed by atoms with Crippen LogP contribution in [0.5, 0.6) is 5.75 Å². The summed E-state index contributed by atoms with van der Waals surface area (Å²) < 4.78 is 5.09. The topological polar surface area (TPSA) is 9.23 Å². The molecule has 3 heteroatoms. The van der Waals surface area contributed by atoms with E-state index in [9.17, 15) is 0 Å². The van der Waals surface area contributed by atoms with Gasteiger partial charge in [-0.25, -0.2) is 0 Å². The van der Waals surface area contributed by atoms with Crippen molar-refractivity contribution in [1.29, 1.82) is 0 Å². The van der Waals surface area contributed by atoms with E-state index in [1.165, 1.54) is 5.56 Å². The Morgan fingerprint density at radius 1 is 1.45 bits per heavy atom. The highest BCUT2D eigenvalue weighted by Crippen LogP contribution is 2.15. The minimum atomic E-state index is 0.200. The van der Waals surface area contributed by atoms with Gasteiger partial charge in [-0.2, -0.15) is 0 Å². The van der Waals surface area contributed by atoms with Gasteiger partial charge in [-0.05, 0) is 17.7 Å². The quantitative estimate of drug-likeness (QED) is 0.731. The molecule has 0 saturated heterocycles. The fourth-order valence-corrected chi connectivity index (χ4v) is 1.26. The summed E-state index contributed by atoms with van der Waals surface area (Å²) in [5.41, 5.74) is 1.19. The fraction of sp³-hybridized carbons (Fsp3) is 0.250. The molecule has 1 aromatic carbocycles. The van der Waals surface area contributed by atoms with Gasteiger partial charge in [-0.15, -0.1) is 0 Å². The van der Waals surface area contributed by atoms with Crippen molar-refractivity contribution in [2.24, 2.45) is 0 Å². The van der Waals surface area contributed by atoms with E-state index in [0.29, 0.717) is 0 Å². The molecule has 1 nitrogen and oxygen atoms in total. The van der Waals surface area contributed by atoms with Crippen LogP contribution in [0.1, 0.15) is 5.56 Å². The number of rotatable bonds is 3. The third kappa shape index (κ3) is 2.72. The lowest BCUT2D eigenvalue weighted by Gasteiger charge is -2.02. The summed E-state index contributed by atoms with van der Waals surface area (Å²) in [4.78, 5) is 0. The van der Waals surface area contributed by atoms with Crippen LogP contribution in [-0.4, -0.2) is 6.07 Å². The van der Waals surface area contributed by atoms with Gasteiger partial charge in [0.2, 0.25) is 0 Å². The molecule has 0 saturated carbocycles. The van der Waals surface area contributed by atoms with Crippen LogP contribution in [0.15, 0.2) is 24.3 Å². The Morgan fingerprint density at radius 2 is 2.27 bits per heavy atom. The smallest absolute Gasteiger partial charge is 0.162 e. The third-order valence-electron chi connectivity index (χ3n) is 1.27. The Kier molecular flexibility index (Phi) is 3.73. The Labute approximate surface area is 79.4 Å². The first-order valence-electron chi connectivity index (χ1n) is 3.20. The predicted molar refractivity (Wildman–Crippen MR) is 50.4 cm³/mol. The highest BCUT2D eigenvalue weighted by atomic mass is 79.9. The van der Waals surface area contributed by atoms with Crippen LogP contribution >= 0.6 is 27.5 Å². The average Bonchev–Trinajstić information content (AvgIpc) is 2.06. The molecule has 0 fully saturated rings. The lowest BCUT2D eigenvalue weighted by Crippen LogP contribution is -1.89. The zero-order valence-electron chi connectivity index (χ0n) is 5.89. The number of hydrogen-bond donors (Lipinski definition) is 0. The zero-order valence-corrected chi connectivity index (χ0v) is 8.23. The summed E-state index contributed by atoms with van der Waals surface area (Å²) in [6, 6.07) is 8.01. The van der Waals surface area contributed by atoms with Crippen molar-refractivity contribution in [1.82, 2.24) is 0 Å². The molecule has 0 amide bonds. The Morgan fingerprint density at radius 3 is 2.91 bits per heavy atom. The summed E-state index contributed by atoms with van der Waals surface area (Å²) in [6.45, 7) is 0. The second kappa shape index (κ2) is 4.62. The second-order valence-corrected chi connectivity index (χ2v) is 2.81. The minimum Gasteiger partial charge on any atom is -0.478 e.